The molecule has 0 radical (unpaired) electrons. The van der Waals surface area contributed by atoms with Crippen LogP contribution in [-0.4, -0.2) is 38.2 Å². The standard InChI is InChI=1S/C20H22N2O6/c1-13-5-4-6-17(14(13)2)21-20(25)22-18(23)11-28-19(24)12-27-16-9-7-15(26-3)8-10-16/h4-10H,11-12H2,1-3H3,(H2,21,22,23,25). The Kier molecular flexibility index (Phi) is 7.38. The topological polar surface area (TPSA) is 103 Å². The average molecular weight is 386 g/mol. The molecule has 28 heavy (non-hydrogen) atoms. The molecule has 2 rings (SSSR count). The summed E-state index contributed by atoms with van der Waals surface area (Å²) in [5, 5.41) is 4.68. The van der Waals surface area contributed by atoms with Crippen LogP contribution in [0.15, 0.2) is 42.5 Å². The summed E-state index contributed by atoms with van der Waals surface area (Å²) >= 11 is 0. The minimum atomic E-state index is -0.749. The van der Waals surface area contributed by atoms with E-state index in [2.05, 4.69) is 10.6 Å². The minimum absolute atomic E-state index is 0.367. The van der Waals surface area contributed by atoms with Crippen LogP contribution in [0.25, 0.3) is 0 Å². The van der Waals surface area contributed by atoms with E-state index in [1.807, 2.05) is 19.9 Å². The van der Waals surface area contributed by atoms with Gasteiger partial charge < -0.3 is 19.5 Å². The molecule has 0 unspecified atom stereocenters. The van der Waals surface area contributed by atoms with E-state index in [9.17, 15) is 14.4 Å². The molecule has 8 heteroatoms. The smallest absolute Gasteiger partial charge is 0.344 e. The Morgan fingerprint density at radius 2 is 1.61 bits per heavy atom. The molecule has 0 saturated carbocycles. The van der Waals surface area contributed by atoms with Crippen LogP contribution in [0.4, 0.5) is 10.5 Å². The van der Waals surface area contributed by atoms with E-state index in [1.54, 1.807) is 43.5 Å². The maximum atomic E-state index is 11.9. The van der Waals surface area contributed by atoms with Gasteiger partial charge in [-0.2, -0.15) is 0 Å². The molecule has 2 aromatic carbocycles. The van der Waals surface area contributed by atoms with Crippen molar-refractivity contribution in [1.29, 1.82) is 0 Å². The number of amides is 3. The normalized spacial score (nSPS) is 9.96. The van der Waals surface area contributed by atoms with Gasteiger partial charge in [0.2, 0.25) is 0 Å². The third kappa shape index (κ3) is 6.31. The summed E-state index contributed by atoms with van der Waals surface area (Å²) in [6.45, 7) is 2.81. The Bertz CT molecular complexity index is 848. The lowest BCUT2D eigenvalue weighted by molar-refractivity contribution is -0.150. The fourth-order valence-electron chi connectivity index (χ4n) is 2.20. The van der Waals surface area contributed by atoms with Crippen LogP contribution in [0.5, 0.6) is 11.5 Å². The molecule has 148 valence electrons. The molecule has 2 N–H and O–H groups in total. The number of carbonyl (C=O) groups excluding carboxylic acids is 3. The molecule has 0 aliphatic rings. The fraction of sp³-hybridized carbons (Fsp3) is 0.250. The molecule has 0 aliphatic carbocycles. The number of ether oxygens (including phenoxy) is 3. The maximum Gasteiger partial charge on any atom is 0.344 e. The Morgan fingerprint density at radius 1 is 0.929 bits per heavy atom. The van der Waals surface area contributed by atoms with Crippen LogP contribution < -0.4 is 20.1 Å². The first kappa shape index (κ1) is 20.8. The maximum absolute atomic E-state index is 11.9. The van der Waals surface area contributed by atoms with Crippen LogP contribution in [-0.2, 0) is 14.3 Å². The summed E-state index contributed by atoms with van der Waals surface area (Å²) in [5.41, 5.74) is 2.50. The van der Waals surface area contributed by atoms with Crippen molar-refractivity contribution in [3.63, 3.8) is 0 Å². The van der Waals surface area contributed by atoms with Gasteiger partial charge >= 0.3 is 12.0 Å². The van der Waals surface area contributed by atoms with Crippen molar-refractivity contribution in [2.45, 2.75) is 13.8 Å². The number of nitrogens with one attached hydrogen (secondary N) is 2. The number of urea groups is 1. The second kappa shape index (κ2) is 9.96. The van der Waals surface area contributed by atoms with Crippen molar-refractivity contribution in [3.05, 3.63) is 53.6 Å². The van der Waals surface area contributed by atoms with Crippen molar-refractivity contribution >= 4 is 23.6 Å². The highest BCUT2D eigenvalue weighted by Crippen LogP contribution is 2.18. The molecule has 2 aromatic rings. The Balaban J connectivity index is 1.71. The van der Waals surface area contributed by atoms with E-state index < -0.39 is 24.5 Å². The molecular weight excluding hydrogens is 364 g/mol. The molecule has 0 spiro atoms. The van der Waals surface area contributed by atoms with E-state index >= 15 is 0 Å². The molecule has 0 fully saturated rings. The van der Waals surface area contributed by atoms with Gasteiger partial charge in [-0.1, -0.05) is 12.1 Å². The van der Waals surface area contributed by atoms with Gasteiger partial charge in [0, 0.05) is 5.69 Å². The molecule has 0 saturated heterocycles. The molecular formula is C20H22N2O6. The number of hydrogen-bond donors (Lipinski definition) is 2. The van der Waals surface area contributed by atoms with E-state index in [4.69, 9.17) is 14.2 Å². The number of rotatable bonds is 7. The van der Waals surface area contributed by atoms with Crippen LogP contribution >= 0.6 is 0 Å². The quantitative estimate of drug-likeness (QED) is 0.709. The molecule has 8 nitrogen and oxygen atoms in total. The van der Waals surface area contributed by atoms with Gasteiger partial charge in [0.25, 0.3) is 5.91 Å². The van der Waals surface area contributed by atoms with Gasteiger partial charge in [-0.25, -0.2) is 9.59 Å². The first-order chi connectivity index (χ1) is 13.4. The third-order valence-electron chi connectivity index (χ3n) is 3.89. The van der Waals surface area contributed by atoms with Crippen molar-refractivity contribution < 1.29 is 28.6 Å². The highest BCUT2D eigenvalue weighted by atomic mass is 16.6. The van der Waals surface area contributed by atoms with Crippen LogP contribution in [0, 0.1) is 13.8 Å². The second-order valence-corrected chi connectivity index (χ2v) is 5.87. The zero-order valence-corrected chi connectivity index (χ0v) is 15.9. The summed E-state index contributed by atoms with van der Waals surface area (Å²) in [4.78, 5) is 35.3. The molecule has 0 aromatic heterocycles. The Morgan fingerprint density at radius 3 is 2.29 bits per heavy atom. The number of imide groups is 1. The SMILES string of the molecule is COc1ccc(OCC(=O)OCC(=O)NC(=O)Nc2cccc(C)c2C)cc1. The lowest BCUT2D eigenvalue weighted by atomic mass is 10.1. The highest BCUT2D eigenvalue weighted by molar-refractivity contribution is 6.02. The Hall–Kier alpha value is -3.55. The van der Waals surface area contributed by atoms with E-state index in [0.29, 0.717) is 17.2 Å². The summed E-state index contributed by atoms with van der Waals surface area (Å²) in [6.07, 6.45) is 0. The minimum Gasteiger partial charge on any atom is -0.497 e. The van der Waals surface area contributed by atoms with Crippen LogP contribution in [0.1, 0.15) is 11.1 Å². The van der Waals surface area contributed by atoms with Gasteiger partial charge in [-0.15, -0.1) is 0 Å². The lowest BCUT2D eigenvalue weighted by Crippen LogP contribution is -2.37. The molecule has 0 bridgehead atoms. The van der Waals surface area contributed by atoms with Gasteiger partial charge in [0.15, 0.2) is 13.2 Å². The van der Waals surface area contributed by atoms with Crippen molar-refractivity contribution in [1.82, 2.24) is 5.32 Å². The first-order valence-corrected chi connectivity index (χ1v) is 8.48. The van der Waals surface area contributed by atoms with Crippen molar-refractivity contribution in [2.75, 3.05) is 25.6 Å². The second-order valence-electron chi connectivity index (χ2n) is 5.87. The van der Waals surface area contributed by atoms with Crippen molar-refractivity contribution in [3.8, 4) is 11.5 Å². The zero-order chi connectivity index (χ0) is 20.5. The van der Waals surface area contributed by atoms with Gasteiger partial charge in [-0.05, 0) is 55.3 Å². The summed E-state index contributed by atoms with van der Waals surface area (Å²) in [7, 11) is 1.54. The number of esters is 1. The van der Waals surface area contributed by atoms with Gasteiger partial charge in [-0.3, -0.25) is 10.1 Å². The van der Waals surface area contributed by atoms with E-state index in [0.717, 1.165) is 11.1 Å². The fourth-order valence-corrected chi connectivity index (χ4v) is 2.20. The molecule has 0 atom stereocenters. The van der Waals surface area contributed by atoms with Gasteiger partial charge in [0.1, 0.15) is 11.5 Å². The van der Waals surface area contributed by atoms with Crippen molar-refractivity contribution in [2.24, 2.45) is 0 Å². The van der Waals surface area contributed by atoms with E-state index in [1.165, 1.54) is 0 Å². The third-order valence-corrected chi connectivity index (χ3v) is 3.89. The van der Waals surface area contributed by atoms with Crippen LogP contribution in [0.3, 0.4) is 0 Å². The number of carbonyl (C=O) groups is 3. The lowest BCUT2D eigenvalue weighted by Gasteiger charge is -2.11. The predicted molar refractivity (Wildman–Crippen MR) is 103 cm³/mol. The zero-order valence-electron chi connectivity index (χ0n) is 15.9. The highest BCUT2D eigenvalue weighted by Gasteiger charge is 2.12. The van der Waals surface area contributed by atoms with E-state index in [-0.39, 0.29) is 6.61 Å². The molecule has 0 heterocycles. The number of methoxy groups -OCH3 is 1. The monoisotopic (exact) mass is 386 g/mol. The summed E-state index contributed by atoms with van der Waals surface area (Å²) < 4.78 is 15.0. The largest absolute Gasteiger partial charge is 0.497 e. The van der Waals surface area contributed by atoms with Gasteiger partial charge in [0.05, 0.1) is 7.11 Å². The molecule has 0 aliphatic heterocycles. The summed E-state index contributed by atoms with van der Waals surface area (Å²) in [6, 6.07) is 11.4. The number of anilines is 1. The Labute approximate surface area is 162 Å². The number of benzene rings is 2. The number of hydrogen-bond acceptors (Lipinski definition) is 6. The predicted octanol–water partition coefficient (Wildman–Crippen LogP) is 2.58. The van der Waals surface area contributed by atoms with Crippen LogP contribution in [0.2, 0.25) is 0 Å². The average Bonchev–Trinajstić information content (AvgIpc) is 2.68. The molecule has 3 amide bonds. The number of aryl methyl sites for hydroxylation is 1. The summed E-state index contributed by atoms with van der Waals surface area (Å²) in [5.74, 6) is -0.373. The first-order valence-electron chi connectivity index (χ1n) is 8.48.